The SMILES string of the molecule is O=C(Nc1cnccc1OCC1CCNCC1)c1ccc(-c2c(F)cccc2F)s1. The second kappa shape index (κ2) is 9.32. The number of halogens is 2. The normalized spacial score (nSPS) is 14.5. The lowest BCUT2D eigenvalue weighted by atomic mass is 9.99. The van der Waals surface area contributed by atoms with Crippen molar-refractivity contribution in [2.75, 3.05) is 25.0 Å². The number of carbonyl (C=O) groups is 1. The zero-order chi connectivity index (χ0) is 20.9. The van der Waals surface area contributed by atoms with Crippen LogP contribution in [0.1, 0.15) is 22.5 Å². The largest absolute Gasteiger partial charge is 0.491 e. The number of nitrogens with one attached hydrogen (secondary N) is 2. The molecule has 0 atom stereocenters. The Morgan fingerprint density at radius 3 is 2.70 bits per heavy atom. The topological polar surface area (TPSA) is 63.2 Å². The Bertz CT molecular complexity index is 1010. The van der Waals surface area contributed by atoms with Crippen molar-refractivity contribution >= 4 is 22.9 Å². The molecule has 2 N–H and O–H groups in total. The van der Waals surface area contributed by atoms with Crippen molar-refractivity contribution in [3.63, 3.8) is 0 Å². The van der Waals surface area contributed by atoms with E-state index in [9.17, 15) is 13.6 Å². The molecule has 3 aromatic rings. The molecule has 1 saturated heterocycles. The van der Waals surface area contributed by atoms with Gasteiger partial charge in [-0.15, -0.1) is 11.3 Å². The standard InChI is InChI=1S/C22H21F2N3O2S/c23-15-2-1-3-16(24)21(15)19-4-5-20(30-19)22(28)27-17-12-26-11-8-18(17)29-13-14-6-9-25-10-7-14/h1-5,8,11-12,14,25H,6-7,9-10,13H2,(H,27,28). The van der Waals surface area contributed by atoms with E-state index >= 15 is 0 Å². The Balaban J connectivity index is 1.46. The van der Waals surface area contributed by atoms with Gasteiger partial charge in [-0.1, -0.05) is 6.07 Å². The van der Waals surface area contributed by atoms with Gasteiger partial charge in [0, 0.05) is 17.1 Å². The summed E-state index contributed by atoms with van der Waals surface area (Å²) < 4.78 is 34.0. The molecule has 0 aliphatic carbocycles. The molecule has 0 radical (unpaired) electrons. The first-order valence-corrected chi connectivity index (χ1v) is 10.6. The van der Waals surface area contributed by atoms with Gasteiger partial charge < -0.3 is 15.4 Å². The fraction of sp³-hybridized carbons (Fsp3) is 0.273. The van der Waals surface area contributed by atoms with E-state index in [0.717, 1.165) is 37.3 Å². The number of anilines is 1. The zero-order valence-corrected chi connectivity index (χ0v) is 17.0. The minimum Gasteiger partial charge on any atom is -0.491 e. The van der Waals surface area contributed by atoms with E-state index in [4.69, 9.17) is 4.74 Å². The van der Waals surface area contributed by atoms with E-state index in [2.05, 4.69) is 15.6 Å². The van der Waals surface area contributed by atoms with Gasteiger partial charge in [0.1, 0.15) is 23.1 Å². The molecular weight excluding hydrogens is 408 g/mol. The van der Waals surface area contributed by atoms with Crippen molar-refractivity contribution in [2.24, 2.45) is 5.92 Å². The Morgan fingerprint density at radius 2 is 1.93 bits per heavy atom. The third-order valence-electron chi connectivity index (χ3n) is 5.00. The molecule has 1 aliphatic heterocycles. The fourth-order valence-electron chi connectivity index (χ4n) is 3.37. The van der Waals surface area contributed by atoms with Crippen molar-refractivity contribution in [3.05, 3.63) is 65.3 Å². The molecule has 3 heterocycles. The van der Waals surface area contributed by atoms with Crippen LogP contribution in [0.2, 0.25) is 0 Å². The van der Waals surface area contributed by atoms with Crippen LogP contribution in [0.4, 0.5) is 14.5 Å². The molecule has 4 rings (SSSR count). The lowest BCUT2D eigenvalue weighted by molar-refractivity contribution is 0.102. The summed E-state index contributed by atoms with van der Waals surface area (Å²) in [6, 6.07) is 8.50. The van der Waals surface area contributed by atoms with Crippen LogP contribution in [-0.4, -0.2) is 30.6 Å². The second-order valence-electron chi connectivity index (χ2n) is 7.09. The molecule has 1 amide bonds. The summed E-state index contributed by atoms with van der Waals surface area (Å²) in [7, 11) is 0. The maximum atomic E-state index is 14.0. The third kappa shape index (κ3) is 4.66. The lowest BCUT2D eigenvalue weighted by Crippen LogP contribution is -2.30. The summed E-state index contributed by atoms with van der Waals surface area (Å²) in [5.41, 5.74) is 0.331. The van der Waals surface area contributed by atoms with Gasteiger partial charge in [-0.3, -0.25) is 9.78 Å². The number of nitrogens with zero attached hydrogens (tertiary/aromatic N) is 1. The number of pyridine rings is 1. The Morgan fingerprint density at radius 1 is 1.17 bits per heavy atom. The number of thiophene rings is 1. The van der Waals surface area contributed by atoms with Crippen molar-refractivity contribution in [2.45, 2.75) is 12.8 Å². The third-order valence-corrected chi connectivity index (χ3v) is 6.10. The van der Waals surface area contributed by atoms with E-state index in [1.165, 1.54) is 24.4 Å². The van der Waals surface area contributed by atoms with Crippen LogP contribution in [0.15, 0.2) is 48.8 Å². The number of amides is 1. The Kier molecular flexibility index (Phi) is 6.35. The molecule has 5 nitrogen and oxygen atoms in total. The molecular formula is C22H21F2N3O2S. The van der Waals surface area contributed by atoms with Crippen molar-refractivity contribution in [1.82, 2.24) is 10.3 Å². The zero-order valence-electron chi connectivity index (χ0n) is 16.2. The van der Waals surface area contributed by atoms with Crippen molar-refractivity contribution in [3.8, 4) is 16.2 Å². The minimum absolute atomic E-state index is 0.131. The van der Waals surface area contributed by atoms with E-state index in [-0.39, 0.29) is 11.5 Å². The summed E-state index contributed by atoms with van der Waals surface area (Å²) >= 11 is 1.02. The van der Waals surface area contributed by atoms with Crippen LogP contribution in [0.25, 0.3) is 10.4 Å². The van der Waals surface area contributed by atoms with Crippen LogP contribution in [0, 0.1) is 17.6 Å². The first kappa shape index (κ1) is 20.4. The number of ether oxygens (including phenoxy) is 1. The van der Waals surface area contributed by atoms with Crippen LogP contribution in [0.5, 0.6) is 5.75 Å². The molecule has 30 heavy (non-hydrogen) atoms. The molecule has 1 aliphatic rings. The van der Waals surface area contributed by atoms with Gasteiger partial charge in [0.05, 0.1) is 23.2 Å². The highest BCUT2D eigenvalue weighted by Gasteiger charge is 2.18. The first-order chi connectivity index (χ1) is 14.6. The number of benzene rings is 1. The average Bonchev–Trinajstić information content (AvgIpc) is 3.24. The van der Waals surface area contributed by atoms with Gasteiger partial charge in [0.25, 0.3) is 5.91 Å². The molecule has 1 aromatic carbocycles. The second-order valence-corrected chi connectivity index (χ2v) is 8.17. The van der Waals surface area contributed by atoms with Crippen molar-refractivity contribution in [1.29, 1.82) is 0 Å². The molecule has 2 aromatic heterocycles. The number of hydrogen-bond donors (Lipinski definition) is 2. The lowest BCUT2D eigenvalue weighted by Gasteiger charge is -2.23. The number of rotatable bonds is 6. The van der Waals surface area contributed by atoms with Gasteiger partial charge in [-0.2, -0.15) is 0 Å². The van der Waals surface area contributed by atoms with Crippen molar-refractivity contribution < 1.29 is 18.3 Å². The predicted molar refractivity (Wildman–Crippen MR) is 113 cm³/mol. The van der Waals surface area contributed by atoms with Crippen LogP contribution in [-0.2, 0) is 0 Å². The summed E-state index contributed by atoms with van der Waals surface area (Å²) in [5.74, 6) is -0.690. The Hall–Kier alpha value is -2.84. The van der Waals surface area contributed by atoms with E-state index < -0.39 is 11.6 Å². The van der Waals surface area contributed by atoms with Gasteiger partial charge in [-0.05, 0) is 56.1 Å². The molecule has 1 fully saturated rings. The molecule has 8 heteroatoms. The maximum Gasteiger partial charge on any atom is 0.265 e. The Labute approximate surface area is 177 Å². The van der Waals surface area contributed by atoms with Crippen LogP contribution in [0.3, 0.4) is 0 Å². The molecule has 0 bridgehead atoms. The molecule has 0 spiro atoms. The summed E-state index contributed by atoms with van der Waals surface area (Å²) in [4.78, 5) is 17.5. The molecule has 0 unspecified atom stereocenters. The minimum atomic E-state index is -0.662. The van der Waals surface area contributed by atoms with E-state index in [0.29, 0.717) is 33.7 Å². The number of piperidine rings is 1. The summed E-state index contributed by atoms with van der Waals surface area (Å²) in [6.45, 7) is 2.54. The van der Waals surface area contributed by atoms with Crippen LogP contribution >= 0.6 is 11.3 Å². The highest BCUT2D eigenvalue weighted by molar-refractivity contribution is 7.17. The maximum absolute atomic E-state index is 14.0. The van der Waals surface area contributed by atoms with Gasteiger partial charge in [0.2, 0.25) is 0 Å². The highest BCUT2D eigenvalue weighted by atomic mass is 32.1. The predicted octanol–water partition coefficient (Wildman–Crippen LogP) is 4.72. The highest BCUT2D eigenvalue weighted by Crippen LogP contribution is 2.33. The quantitative estimate of drug-likeness (QED) is 0.595. The average molecular weight is 429 g/mol. The number of aromatic nitrogens is 1. The van der Waals surface area contributed by atoms with Gasteiger partial charge >= 0.3 is 0 Å². The smallest absolute Gasteiger partial charge is 0.265 e. The monoisotopic (exact) mass is 429 g/mol. The summed E-state index contributed by atoms with van der Waals surface area (Å²) in [5, 5.41) is 6.11. The fourth-order valence-corrected chi connectivity index (χ4v) is 4.32. The molecule has 156 valence electrons. The number of hydrogen-bond acceptors (Lipinski definition) is 5. The van der Waals surface area contributed by atoms with Crippen LogP contribution < -0.4 is 15.4 Å². The first-order valence-electron chi connectivity index (χ1n) is 9.75. The van der Waals surface area contributed by atoms with Gasteiger partial charge in [0.15, 0.2) is 0 Å². The van der Waals surface area contributed by atoms with E-state index in [1.54, 1.807) is 24.4 Å². The van der Waals surface area contributed by atoms with Gasteiger partial charge in [-0.25, -0.2) is 8.78 Å². The molecule has 0 saturated carbocycles. The number of carbonyl (C=O) groups excluding carboxylic acids is 1. The van der Waals surface area contributed by atoms with E-state index in [1.807, 2.05) is 0 Å². The summed E-state index contributed by atoms with van der Waals surface area (Å²) in [6.07, 6.45) is 5.24.